The Morgan fingerprint density at radius 1 is 1.24 bits per heavy atom. The standard InChI is InChI=1S/C15H21N5O/c1-5-7-17-14-18-13(12-9-16-8-6-11(12)4)19-15(20-14)21-10(2)3/h6,8-10H,5,7H2,1-4H3,(H,17,18,19,20). The topological polar surface area (TPSA) is 72.8 Å². The summed E-state index contributed by atoms with van der Waals surface area (Å²) in [6, 6.07) is 2.26. The molecule has 0 saturated carbocycles. The zero-order valence-electron chi connectivity index (χ0n) is 12.9. The Morgan fingerprint density at radius 2 is 2.05 bits per heavy atom. The molecule has 0 fully saturated rings. The number of nitrogens with one attached hydrogen (secondary N) is 1. The lowest BCUT2D eigenvalue weighted by Gasteiger charge is -2.12. The van der Waals surface area contributed by atoms with E-state index in [-0.39, 0.29) is 6.10 Å². The van der Waals surface area contributed by atoms with Crippen LogP contribution < -0.4 is 10.1 Å². The molecule has 0 bridgehead atoms. The predicted molar refractivity (Wildman–Crippen MR) is 82.3 cm³/mol. The van der Waals surface area contributed by atoms with E-state index in [0.29, 0.717) is 17.8 Å². The van der Waals surface area contributed by atoms with E-state index >= 15 is 0 Å². The van der Waals surface area contributed by atoms with Crippen molar-refractivity contribution >= 4 is 5.95 Å². The molecule has 0 saturated heterocycles. The van der Waals surface area contributed by atoms with Crippen LogP contribution in [-0.2, 0) is 0 Å². The molecule has 0 spiro atoms. The largest absolute Gasteiger partial charge is 0.461 e. The van der Waals surface area contributed by atoms with Gasteiger partial charge in [0.15, 0.2) is 5.82 Å². The van der Waals surface area contributed by atoms with E-state index in [2.05, 4.69) is 32.2 Å². The fraction of sp³-hybridized carbons (Fsp3) is 0.467. The second-order valence-corrected chi connectivity index (χ2v) is 5.05. The van der Waals surface area contributed by atoms with Gasteiger partial charge in [0.2, 0.25) is 5.95 Å². The molecule has 0 aliphatic carbocycles. The third-order valence-corrected chi connectivity index (χ3v) is 2.77. The summed E-state index contributed by atoms with van der Waals surface area (Å²) in [5.41, 5.74) is 1.95. The molecule has 0 atom stereocenters. The van der Waals surface area contributed by atoms with Crippen LogP contribution in [0.4, 0.5) is 5.95 Å². The Morgan fingerprint density at radius 3 is 2.71 bits per heavy atom. The van der Waals surface area contributed by atoms with E-state index in [4.69, 9.17) is 4.74 Å². The van der Waals surface area contributed by atoms with Crippen molar-refractivity contribution in [3.05, 3.63) is 24.0 Å². The third kappa shape index (κ3) is 4.11. The van der Waals surface area contributed by atoms with Crippen molar-refractivity contribution in [3.8, 4) is 17.4 Å². The molecule has 2 rings (SSSR count). The van der Waals surface area contributed by atoms with Crippen LogP contribution in [0.2, 0.25) is 0 Å². The second kappa shape index (κ2) is 6.97. The van der Waals surface area contributed by atoms with Crippen molar-refractivity contribution < 1.29 is 4.74 Å². The van der Waals surface area contributed by atoms with Crippen molar-refractivity contribution in [2.45, 2.75) is 40.2 Å². The van der Waals surface area contributed by atoms with Crippen molar-refractivity contribution in [3.63, 3.8) is 0 Å². The molecule has 6 nitrogen and oxygen atoms in total. The molecule has 2 aromatic heterocycles. The highest BCUT2D eigenvalue weighted by Crippen LogP contribution is 2.21. The summed E-state index contributed by atoms with van der Waals surface area (Å²) in [6.07, 6.45) is 4.51. The number of pyridine rings is 1. The summed E-state index contributed by atoms with van der Waals surface area (Å²) in [5.74, 6) is 1.10. The van der Waals surface area contributed by atoms with Gasteiger partial charge in [0.25, 0.3) is 0 Å². The first kappa shape index (κ1) is 15.2. The number of aryl methyl sites for hydroxylation is 1. The number of hydrogen-bond acceptors (Lipinski definition) is 6. The second-order valence-electron chi connectivity index (χ2n) is 5.05. The minimum Gasteiger partial charge on any atom is -0.461 e. The number of nitrogens with zero attached hydrogens (tertiary/aromatic N) is 4. The van der Waals surface area contributed by atoms with Crippen molar-refractivity contribution in [1.29, 1.82) is 0 Å². The number of aromatic nitrogens is 4. The van der Waals surface area contributed by atoms with Gasteiger partial charge in [-0.15, -0.1) is 0 Å². The summed E-state index contributed by atoms with van der Waals surface area (Å²) in [5, 5.41) is 3.17. The van der Waals surface area contributed by atoms with Gasteiger partial charge in [0.05, 0.1) is 6.10 Å². The summed E-state index contributed by atoms with van der Waals surface area (Å²) in [6.45, 7) is 8.78. The van der Waals surface area contributed by atoms with Gasteiger partial charge in [-0.25, -0.2) is 0 Å². The highest BCUT2D eigenvalue weighted by molar-refractivity contribution is 5.59. The molecule has 6 heteroatoms. The lowest BCUT2D eigenvalue weighted by Crippen LogP contribution is -2.12. The minimum atomic E-state index is 0.00858. The number of ether oxygens (including phenoxy) is 1. The monoisotopic (exact) mass is 287 g/mol. The molecule has 0 aliphatic rings. The van der Waals surface area contributed by atoms with Gasteiger partial charge in [0.1, 0.15) is 0 Å². The molecule has 0 amide bonds. The number of hydrogen-bond donors (Lipinski definition) is 1. The maximum absolute atomic E-state index is 5.61. The molecule has 0 aliphatic heterocycles. The van der Waals surface area contributed by atoms with Gasteiger partial charge >= 0.3 is 6.01 Å². The zero-order chi connectivity index (χ0) is 15.2. The van der Waals surface area contributed by atoms with Gasteiger partial charge in [-0.2, -0.15) is 15.0 Å². The first-order valence-electron chi connectivity index (χ1n) is 7.17. The quantitative estimate of drug-likeness (QED) is 0.880. The molecular formula is C15H21N5O. The van der Waals surface area contributed by atoms with Crippen molar-refractivity contribution in [1.82, 2.24) is 19.9 Å². The minimum absolute atomic E-state index is 0.00858. The highest BCUT2D eigenvalue weighted by atomic mass is 16.5. The molecule has 2 heterocycles. The first-order valence-corrected chi connectivity index (χ1v) is 7.17. The van der Waals surface area contributed by atoms with Crippen LogP contribution in [0.15, 0.2) is 18.5 Å². The van der Waals surface area contributed by atoms with Gasteiger partial charge in [-0.1, -0.05) is 6.92 Å². The lowest BCUT2D eigenvalue weighted by atomic mass is 10.1. The molecule has 112 valence electrons. The summed E-state index contributed by atoms with van der Waals surface area (Å²) >= 11 is 0. The fourth-order valence-electron chi connectivity index (χ4n) is 1.75. The summed E-state index contributed by atoms with van der Waals surface area (Å²) in [7, 11) is 0. The molecule has 2 aromatic rings. The van der Waals surface area contributed by atoms with E-state index in [9.17, 15) is 0 Å². The molecular weight excluding hydrogens is 266 g/mol. The van der Waals surface area contributed by atoms with E-state index in [1.807, 2.05) is 26.8 Å². The third-order valence-electron chi connectivity index (χ3n) is 2.77. The molecule has 0 aromatic carbocycles. The number of anilines is 1. The van der Waals surface area contributed by atoms with Crippen LogP contribution in [0.1, 0.15) is 32.8 Å². The lowest BCUT2D eigenvalue weighted by molar-refractivity contribution is 0.222. The maximum atomic E-state index is 5.61. The van der Waals surface area contributed by atoms with Crippen LogP contribution in [0.25, 0.3) is 11.4 Å². The van der Waals surface area contributed by atoms with Gasteiger partial charge < -0.3 is 10.1 Å². The Labute approximate surface area is 125 Å². The highest BCUT2D eigenvalue weighted by Gasteiger charge is 2.12. The summed E-state index contributed by atoms with van der Waals surface area (Å²) in [4.78, 5) is 17.3. The van der Waals surface area contributed by atoms with Crippen LogP contribution in [0.5, 0.6) is 6.01 Å². The normalized spacial score (nSPS) is 10.7. The Bertz CT molecular complexity index is 600. The average Bonchev–Trinajstić information content (AvgIpc) is 2.44. The van der Waals surface area contributed by atoms with E-state index in [1.54, 1.807) is 12.4 Å². The van der Waals surface area contributed by atoms with E-state index < -0.39 is 0 Å². The molecule has 0 unspecified atom stereocenters. The van der Waals surface area contributed by atoms with Crippen LogP contribution >= 0.6 is 0 Å². The van der Waals surface area contributed by atoms with E-state index in [0.717, 1.165) is 24.1 Å². The fourth-order valence-corrected chi connectivity index (χ4v) is 1.75. The van der Waals surface area contributed by atoms with Gasteiger partial charge in [-0.3, -0.25) is 4.98 Å². The average molecular weight is 287 g/mol. The predicted octanol–water partition coefficient (Wildman–Crippen LogP) is 2.85. The van der Waals surface area contributed by atoms with Crippen molar-refractivity contribution in [2.75, 3.05) is 11.9 Å². The van der Waals surface area contributed by atoms with Crippen molar-refractivity contribution in [2.24, 2.45) is 0 Å². The molecule has 0 radical (unpaired) electrons. The Hall–Kier alpha value is -2.24. The van der Waals surface area contributed by atoms with E-state index in [1.165, 1.54) is 0 Å². The van der Waals surface area contributed by atoms with Crippen LogP contribution in [0.3, 0.4) is 0 Å². The number of rotatable bonds is 6. The van der Waals surface area contributed by atoms with Crippen LogP contribution in [-0.4, -0.2) is 32.6 Å². The Kier molecular flexibility index (Phi) is 5.03. The van der Waals surface area contributed by atoms with Gasteiger partial charge in [0, 0.05) is 24.5 Å². The van der Waals surface area contributed by atoms with Crippen LogP contribution in [0, 0.1) is 6.92 Å². The van der Waals surface area contributed by atoms with Gasteiger partial charge in [-0.05, 0) is 38.8 Å². The zero-order valence-corrected chi connectivity index (χ0v) is 12.9. The smallest absolute Gasteiger partial charge is 0.322 e. The maximum Gasteiger partial charge on any atom is 0.322 e. The Balaban J connectivity index is 2.41. The first-order chi connectivity index (χ1) is 10.1. The molecule has 21 heavy (non-hydrogen) atoms. The SMILES string of the molecule is CCCNc1nc(OC(C)C)nc(-c2cnccc2C)n1. The molecule has 1 N–H and O–H groups in total. The summed E-state index contributed by atoms with van der Waals surface area (Å²) < 4.78 is 5.61.